The molecule has 1 aromatic carbocycles. The molecule has 0 radical (unpaired) electrons. The van der Waals surface area contributed by atoms with Crippen molar-refractivity contribution in [1.82, 2.24) is 9.97 Å². The number of rotatable bonds is 1. The molecule has 5 heteroatoms. The van der Waals surface area contributed by atoms with Crippen LogP contribution in [-0.4, -0.2) is 15.8 Å². The minimum atomic E-state index is -0.0766. The Hall–Kier alpha value is -1.06. The summed E-state index contributed by atoms with van der Waals surface area (Å²) >= 11 is 5.77. The quantitative estimate of drug-likeness (QED) is 0.767. The predicted octanol–water partition coefficient (Wildman–Crippen LogP) is 2.84. The Morgan fingerprint density at radius 1 is 1.50 bits per heavy atom. The molecule has 1 heterocycles. The van der Waals surface area contributed by atoms with Crippen LogP contribution in [0.1, 0.15) is 17.5 Å². The van der Waals surface area contributed by atoms with E-state index in [2.05, 4.69) is 9.97 Å². The number of ketones is 1. The van der Waals surface area contributed by atoms with Gasteiger partial charge in [-0.2, -0.15) is 0 Å². The van der Waals surface area contributed by atoms with Crippen LogP contribution in [0.4, 0.5) is 0 Å². The molecular formula is C9H8Cl2N2O. The van der Waals surface area contributed by atoms with Gasteiger partial charge in [0, 0.05) is 11.9 Å². The van der Waals surface area contributed by atoms with Gasteiger partial charge in [0.15, 0.2) is 11.6 Å². The van der Waals surface area contributed by atoms with Crippen LogP contribution < -0.4 is 0 Å². The van der Waals surface area contributed by atoms with E-state index in [1.807, 2.05) is 0 Å². The van der Waals surface area contributed by atoms with Gasteiger partial charge < -0.3 is 4.98 Å². The van der Waals surface area contributed by atoms with Crippen LogP contribution in [0.5, 0.6) is 0 Å². The van der Waals surface area contributed by atoms with E-state index >= 15 is 0 Å². The Labute approximate surface area is 91.9 Å². The minimum Gasteiger partial charge on any atom is -0.335 e. The largest absolute Gasteiger partial charge is 0.335 e. The molecule has 2 aromatic rings. The summed E-state index contributed by atoms with van der Waals surface area (Å²) in [4.78, 5) is 18.0. The van der Waals surface area contributed by atoms with Gasteiger partial charge in [0.25, 0.3) is 0 Å². The van der Waals surface area contributed by atoms with Crippen LogP contribution in [0.25, 0.3) is 11.0 Å². The molecule has 0 saturated carbocycles. The lowest BCUT2D eigenvalue weighted by molar-refractivity contribution is 0.100. The Balaban J connectivity index is 0.000000980. The van der Waals surface area contributed by atoms with Crippen LogP contribution in [0.3, 0.4) is 0 Å². The zero-order valence-electron chi connectivity index (χ0n) is 7.37. The number of nitrogens with one attached hydrogen (secondary N) is 1. The third-order valence-corrected chi connectivity index (χ3v) is 2.01. The first-order valence-electron chi connectivity index (χ1n) is 3.83. The predicted molar refractivity (Wildman–Crippen MR) is 58.4 cm³/mol. The maximum atomic E-state index is 11.0. The number of carbonyl (C=O) groups excluding carboxylic acids is 1. The summed E-state index contributed by atoms with van der Waals surface area (Å²) in [5.74, 6) is 0.296. The Morgan fingerprint density at radius 2 is 2.21 bits per heavy atom. The van der Waals surface area contributed by atoms with Gasteiger partial charge in [-0.05, 0) is 18.2 Å². The van der Waals surface area contributed by atoms with Gasteiger partial charge in [-0.1, -0.05) is 11.6 Å². The summed E-state index contributed by atoms with van der Waals surface area (Å²) in [6, 6.07) is 5.27. The lowest BCUT2D eigenvalue weighted by Gasteiger charge is -1.87. The molecule has 1 aromatic heterocycles. The number of nitrogens with zero attached hydrogens (tertiary/aromatic N) is 1. The number of imidazole rings is 1. The Kier molecular flexibility index (Phi) is 3.13. The van der Waals surface area contributed by atoms with Crippen molar-refractivity contribution >= 4 is 40.8 Å². The molecule has 0 aliphatic carbocycles. The van der Waals surface area contributed by atoms with E-state index in [-0.39, 0.29) is 18.2 Å². The highest BCUT2D eigenvalue weighted by molar-refractivity contribution is 6.31. The highest BCUT2D eigenvalue weighted by Crippen LogP contribution is 2.17. The van der Waals surface area contributed by atoms with Crippen molar-refractivity contribution in [3.63, 3.8) is 0 Å². The van der Waals surface area contributed by atoms with E-state index < -0.39 is 0 Å². The first-order valence-corrected chi connectivity index (χ1v) is 4.21. The Bertz CT molecular complexity index is 479. The van der Waals surface area contributed by atoms with E-state index in [1.54, 1.807) is 18.2 Å². The van der Waals surface area contributed by atoms with Crippen LogP contribution in [0.15, 0.2) is 18.2 Å². The van der Waals surface area contributed by atoms with Crippen molar-refractivity contribution in [2.24, 2.45) is 0 Å². The van der Waals surface area contributed by atoms with Crippen LogP contribution in [-0.2, 0) is 0 Å². The Morgan fingerprint density at radius 3 is 2.86 bits per heavy atom. The molecule has 0 spiro atoms. The normalized spacial score (nSPS) is 9.86. The lowest BCUT2D eigenvalue weighted by Crippen LogP contribution is -1.93. The second-order valence-electron chi connectivity index (χ2n) is 2.80. The monoisotopic (exact) mass is 230 g/mol. The van der Waals surface area contributed by atoms with Crippen LogP contribution in [0.2, 0.25) is 5.02 Å². The average Bonchev–Trinajstić information content (AvgIpc) is 2.46. The summed E-state index contributed by atoms with van der Waals surface area (Å²) in [5, 5.41) is 0.631. The lowest BCUT2D eigenvalue weighted by atomic mass is 10.3. The molecular weight excluding hydrogens is 223 g/mol. The fraction of sp³-hybridized carbons (Fsp3) is 0.111. The van der Waals surface area contributed by atoms with Gasteiger partial charge in [-0.15, -0.1) is 12.4 Å². The first kappa shape index (κ1) is 11.0. The van der Waals surface area contributed by atoms with E-state index in [0.29, 0.717) is 10.8 Å². The number of aromatic nitrogens is 2. The topological polar surface area (TPSA) is 45.8 Å². The average molecular weight is 231 g/mol. The highest BCUT2D eigenvalue weighted by atomic mass is 35.5. The smallest absolute Gasteiger partial charge is 0.195 e. The van der Waals surface area contributed by atoms with Crippen molar-refractivity contribution in [3.05, 3.63) is 29.0 Å². The zero-order chi connectivity index (χ0) is 9.42. The number of carbonyl (C=O) groups is 1. The summed E-state index contributed by atoms with van der Waals surface area (Å²) in [6.45, 7) is 1.47. The molecule has 0 unspecified atom stereocenters. The standard InChI is InChI=1S/C9H7ClN2O.ClH/c1-5(13)9-11-7-3-2-6(10)4-8(7)12-9;/h2-4H,1H3,(H,11,12);1H. The number of aromatic amines is 1. The fourth-order valence-electron chi connectivity index (χ4n) is 1.15. The molecule has 3 nitrogen and oxygen atoms in total. The fourth-order valence-corrected chi connectivity index (χ4v) is 1.32. The van der Waals surface area contributed by atoms with Gasteiger partial charge in [0.1, 0.15) is 0 Å². The highest BCUT2D eigenvalue weighted by Gasteiger charge is 2.05. The molecule has 0 atom stereocenters. The minimum absolute atomic E-state index is 0. The van der Waals surface area contributed by atoms with Gasteiger partial charge in [0.05, 0.1) is 11.0 Å². The van der Waals surface area contributed by atoms with Crippen molar-refractivity contribution < 1.29 is 4.79 Å². The number of Topliss-reactive ketones (excluding diaryl/α,β-unsaturated/α-hetero) is 1. The van der Waals surface area contributed by atoms with E-state index in [9.17, 15) is 4.79 Å². The number of halogens is 2. The third kappa shape index (κ3) is 1.89. The van der Waals surface area contributed by atoms with Crippen molar-refractivity contribution in [2.45, 2.75) is 6.92 Å². The molecule has 0 aliphatic rings. The van der Waals surface area contributed by atoms with E-state index in [0.717, 1.165) is 11.0 Å². The summed E-state index contributed by atoms with van der Waals surface area (Å²) < 4.78 is 0. The van der Waals surface area contributed by atoms with Crippen LogP contribution >= 0.6 is 24.0 Å². The molecule has 74 valence electrons. The number of fused-ring (bicyclic) bond motifs is 1. The number of hydrogen-bond acceptors (Lipinski definition) is 2. The molecule has 0 fully saturated rings. The first-order chi connectivity index (χ1) is 6.16. The maximum Gasteiger partial charge on any atom is 0.195 e. The second-order valence-corrected chi connectivity index (χ2v) is 3.24. The molecule has 14 heavy (non-hydrogen) atoms. The second kappa shape index (κ2) is 3.98. The number of benzene rings is 1. The van der Waals surface area contributed by atoms with Gasteiger partial charge in [0.2, 0.25) is 0 Å². The molecule has 0 amide bonds. The van der Waals surface area contributed by atoms with Gasteiger partial charge >= 0.3 is 0 Å². The number of H-pyrrole nitrogens is 1. The molecule has 0 bridgehead atoms. The molecule has 1 N–H and O–H groups in total. The summed E-state index contributed by atoms with van der Waals surface area (Å²) in [6.07, 6.45) is 0. The molecule has 2 rings (SSSR count). The molecule has 0 aliphatic heterocycles. The van der Waals surface area contributed by atoms with Crippen molar-refractivity contribution in [2.75, 3.05) is 0 Å². The zero-order valence-corrected chi connectivity index (χ0v) is 8.95. The maximum absolute atomic E-state index is 11.0. The van der Waals surface area contributed by atoms with E-state index in [4.69, 9.17) is 11.6 Å². The van der Waals surface area contributed by atoms with Crippen LogP contribution in [0, 0.1) is 0 Å². The van der Waals surface area contributed by atoms with Crippen molar-refractivity contribution in [3.8, 4) is 0 Å². The third-order valence-electron chi connectivity index (χ3n) is 1.78. The SMILES string of the molecule is CC(=O)c1nc2ccc(Cl)cc2[nH]1.Cl. The van der Waals surface area contributed by atoms with E-state index in [1.165, 1.54) is 6.92 Å². The summed E-state index contributed by atoms with van der Waals surface area (Å²) in [7, 11) is 0. The summed E-state index contributed by atoms with van der Waals surface area (Å²) in [5.41, 5.74) is 1.55. The van der Waals surface area contributed by atoms with Gasteiger partial charge in [-0.3, -0.25) is 4.79 Å². The van der Waals surface area contributed by atoms with Gasteiger partial charge in [-0.25, -0.2) is 4.98 Å². The van der Waals surface area contributed by atoms with Crippen molar-refractivity contribution in [1.29, 1.82) is 0 Å². The number of hydrogen-bond donors (Lipinski definition) is 1. The molecule has 0 saturated heterocycles.